The molecule has 0 saturated heterocycles. The van der Waals surface area contributed by atoms with Gasteiger partial charge in [0.2, 0.25) is 0 Å². The SMILES string of the molecule is CCCCCC/C=C\C/C=C\CCCCCCCCOCC(COP(=O)([O-])OCC[N+](C)(C)C)OC(=O)CCCCCCCCCCCC. The van der Waals surface area contributed by atoms with Crippen molar-refractivity contribution in [3.8, 4) is 0 Å². The molecular formula is C40H78NO7P. The Hall–Kier alpha value is -1.02. The minimum absolute atomic E-state index is 0.0254. The van der Waals surface area contributed by atoms with Gasteiger partial charge in [0.15, 0.2) is 0 Å². The molecule has 9 heteroatoms. The highest BCUT2D eigenvalue weighted by atomic mass is 31.2. The summed E-state index contributed by atoms with van der Waals surface area (Å²) in [5, 5.41) is 0. The number of allylic oxidation sites excluding steroid dienone is 4. The molecule has 0 rings (SSSR count). The number of phosphoric acid groups is 1. The zero-order valence-corrected chi connectivity index (χ0v) is 33.5. The normalized spacial score (nSPS) is 14.2. The fourth-order valence-corrected chi connectivity index (χ4v) is 6.07. The molecule has 0 aliphatic carbocycles. The van der Waals surface area contributed by atoms with Crippen molar-refractivity contribution in [3.05, 3.63) is 24.3 Å². The van der Waals surface area contributed by atoms with E-state index in [-0.39, 0.29) is 25.8 Å². The van der Waals surface area contributed by atoms with Gasteiger partial charge >= 0.3 is 5.97 Å². The average Bonchev–Trinajstić information content (AvgIpc) is 3.04. The van der Waals surface area contributed by atoms with Gasteiger partial charge in [-0.1, -0.05) is 141 Å². The molecule has 0 aromatic carbocycles. The minimum atomic E-state index is -4.52. The molecule has 0 fully saturated rings. The van der Waals surface area contributed by atoms with Crippen LogP contribution in [0.5, 0.6) is 0 Å². The third-order valence-electron chi connectivity index (χ3n) is 8.51. The molecule has 2 unspecified atom stereocenters. The van der Waals surface area contributed by atoms with Crippen LogP contribution in [0.15, 0.2) is 24.3 Å². The van der Waals surface area contributed by atoms with Crippen LogP contribution in [0.2, 0.25) is 0 Å². The highest BCUT2D eigenvalue weighted by Gasteiger charge is 2.20. The van der Waals surface area contributed by atoms with Crippen molar-refractivity contribution in [2.75, 3.05) is 54.1 Å². The summed E-state index contributed by atoms with van der Waals surface area (Å²) in [5.41, 5.74) is 0. The van der Waals surface area contributed by atoms with E-state index in [4.69, 9.17) is 18.5 Å². The van der Waals surface area contributed by atoms with Gasteiger partial charge in [-0.3, -0.25) is 9.36 Å². The Kier molecular flexibility index (Phi) is 33.4. The van der Waals surface area contributed by atoms with Crippen molar-refractivity contribution < 1.29 is 37.3 Å². The topological polar surface area (TPSA) is 94.1 Å². The number of rotatable bonds is 37. The molecule has 0 heterocycles. The predicted molar refractivity (Wildman–Crippen MR) is 204 cm³/mol. The quantitative estimate of drug-likeness (QED) is 0.0208. The van der Waals surface area contributed by atoms with Gasteiger partial charge in [0.1, 0.15) is 19.3 Å². The largest absolute Gasteiger partial charge is 0.756 e. The smallest absolute Gasteiger partial charge is 0.306 e. The minimum Gasteiger partial charge on any atom is -0.756 e. The number of hydrogen-bond acceptors (Lipinski definition) is 7. The van der Waals surface area contributed by atoms with Crippen LogP contribution in [-0.2, 0) is 27.9 Å². The van der Waals surface area contributed by atoms with Crippen molar-refractivity contribution in [2.45, 2.75) is 174 Å². The van der Waals surface area contributed by atoms with Gasteiger partial charge < -0.3 is 27.9 Å². The van der Waals surface area contributed by atoms with Crippen LogP contribution in [0, 0.1) is 0 Å². The first kappa shape index (κ1) is 48.0. The molecule has 0 saturated carbocycles. The van der Waals surface area contributed by atoms with E-state index in [1.807, 2.05) is 21.1 Å². The molecule has 0 N–H and O–H groups in total. The van der Waals surface area contributed by atoms with Crippen LogP contribution in [0.3, 0.4) is 0 Å². The van der Waals surface area contributed by atoms with Gasteiger partial charge in [0, 0.05) is 13.0 Å². The average molecular weight is 716 g/mol. The van der Waals surface area contributed by atoms with E-state index in [0.29, 0.717) is 24.1 Å². The van der Waals surface area contributed by atoms with E-state index in [0.717, 1.165) is 51.4 Å². The summed E-state index contributed by atoms with van der Waals surface area (Å²) in [4.78, 5) is 24.9. The van der Waals surface area contributed by atoms with E-state index in [2.05, 4.69) is 38.2 Å². The van der Waals surface area contributed by atoms with Crippen molar-refractivity contribution in [1.29, 1.82) is 0 Å². The monoisotopic (exact) mass is 716 g/mol. The molecule has 2 atom stereocenters. The Morgan fingerprint density at radius 3 is 1.67 bits per heavy atom. The Morgan fingerprint density at radius 1 is 0.633 bits per heavy atom. The molecule has 8 nitrogen and oxygen atoms in total. The molecule has 0 aliphatic rings. The van der Waals surface area contributed by atoms with Gasteiger partial charge in [-0.05, 0) is 44.9 Å². The number of esters is 1. The van der Waals surface area contributed by atoms with Gasteiger partial charge in [0.25, 0.3) is 7.82 Å². The van der Waals surface area contributed by atoms with Gasteiger partial charge in [-0.25, -0.2) is 0 Å². The maximum atomic E-state index is 12.6. The molecule has 0 amide bonds. The lowest BCUT2D eigenvalue weighted by Gasteiger charge is -2.28. The summed E-state index contributed by atoms with van der Waals surface area (Å²) in [5.74, 6) is -0.340. The molecule has 290 valence electrons. The highest BCUT2D eigenvalue weighted by Crippen LogP contribution is 2.38. The van der Waals surface area contributed by atoms with Crippen molar-refractivity contribution in [1.82, 2.24) is 0 Å². The molecule has 0 aromatic rings. The molecule has 0 aliphatic heterocycles. The maximum absolute atomic E-state index is 12.6. The van der Waals surface area contributed by atoms with Crippen LogP contribution >= 0.6 is 7.82 Å². The maximum Gasteiger partial charge on any atom is 0.306 e. The van der Waals surface area contributed by atoms with E-state index in [1.54, 1.807) is 0 Å². The summed E-state index contributed by atoms with van der Waals surface area (Å²) in [6.07, 6.45) is 36.1. The number of carbonyl (C=O) groups excluding carboxylic acids is 1. The summed E-state index contributed by atoms with van der Waals surface area (Å²) in [7, 11) is 1.35. The van der Waals surface area contributed by atoms with Crippen molar-refractivity contribution in [3.63, 3.8) is 0 Å². The lowest BCUT2D eigenvalue weighted by atomic mass is 10.1. The number of phosphoric ester groups is 1. The summed E-state index contributed by atoms with van der Waals surface area (Å²) < 4.78 is 34.4. The number of quaternary nitrogens is 1. The fourth-order valence-electron chi connectivity index (χ4n) is 5.34. The third kappa shape index (κ3) is 38.1. The second kappa shape index (κ2) is 34.1. The number of unbranched alkanes of at least 4 members (excludes halogenated alkanes) is 19. The first-order valence-corrected chi connectivity index (χ1v) is 21.5. The van der Waals surface area contributed by atoms with Gasteiger partial charge in [-0.2, -0.15) is 0 Å². The van der Waals surface area contributed by atoms with E-state index in [9.17, 15) is 14.3 Å². The van der Waals surface area contributed by atoms with Crippen LogP contribution in [0.25, 0.3) is 0 Å². The lowest BCUT2D eigenvalue weighted by Crippen LogP contribution is -2.37. The highest BCUT2D eigenvalue weighted by molar-refractivity contribution is 7.45. The number of hydrogen-bond donors (Lipinski definition) is 0. The van der Waals surface area contributed by atoms with Crippen molar-refractivity contribution in [2.24, 2.45) is 0 Å². The zero-order chi connectivity index (χ0) is 36.3. The molecule has 0 spiro atoms. The Balaban J connectivity index is 4.25. The Bertz CT molecular complexity index is 843. The van der Waals surface area contributed by atoms with Crippen molar-refractivity contribution >= 4 is 13.8 Å². The first-order chi connectivity index (χ1) is 23.6. The number of ether oxygens (including phenoxy) is 2. The first-order valence-electron chi connectivity index (χ1n) is 20.1. The second-order valence-corrected chi connectivity index (χ2v) is 16.1. The molecule has 0 bridgehead atoms. The molecule has 49 heavy (non-hydrogen) atoms. The zero-order valence-electron chi connectivity index (χ0n) is 32.6. The van der Waals surface area contributed by atoms with E-state index >= 15 is 0 Å². The summed E-state index contributed by atoms with van der Waals surface area (Å²) in [6, 6.07) is 0. The summed E-state index contributed by atoms with van der Waals surface area (Å²) >= 11 is 0. The standard InChI is InChI=1S/C40H78NO7P/c1-6-8-10-12-14-16-18-19-20-21-22-23-24-26-28-30-32-35-45-37-39(38-47-49(43,44)46-36-34-41(3,4)5)48-40(42)33-31-29-27-25-17-15-13-11-9-7-2/h16,18,20-21,39H,6-15,17,19,22-38H2,1-5H3/b18-16-,21-20-. The van der Waals surface area contributed by atoms with Crippen LogP contribution in [0.1, 0.15) is 168 Å². The van der Waals surface area contributed by atoms with Gasteiger partial charge in [0.05, 0.1) is 34.4 Å². The summed E-state index contributed by atoms with van der Waals surface area (Å²) in [6.45, 7) is 5.36. The van der Waals surface area contributed by atoms with Crippen LogP contribution in [0.4, 0.5) is 0 Å². The number of carbonyl (C=O) groups is 1. The number of nitrogens with zero attached hydrogens (tertiary/aromatic N) is 1. The molecule has 0 aromatic heterocycles. The van der Waals surface area contributed by atoms with E-state index < -0.39 is 13.9 Å². The molecule has 0 radical (unpaired) electrons. The van der Waals surface area contributed by atoms with Gasteiger partial charge in [-0.15, -0.1) is 0 Å². The number of likely N-dealkylation sites (N-methyl/N-ethyl adjacent to an activating group) is 1. The van der Waals surface area contributed by atoms with Crippen LogP contribution in [-0.4, -0.2) is 70.7 Å². The predicted octanol–water partition coefficient (Wildman–Crippen LogP) is 10.6. The fraction of sp³-hybridized carbons (Fsp3) is 0.875. The second-order valence-electron chi connectivity index (χ2n) is 14.6. The van der Waals surface area contributed by atoms with E-state index in [1.165, 1.54) is 96.3 Å². The lowest BCUT2D eigenvalue weighted by molar-refractivity contribution is -0.870. The molecular weight excluding hydrogens is 637 g/mol. The Labute approximate surface area is 303 Å². The Morgan fingerprint density at radius 2 is 1.12 bits per heavy atom. The third-order valence-corrected chi connectivity index (χ3v) is 9.47. The van der Waals surface area contributed by atoms with Crippen LogP contribution < -0.4 is 4.89 Å².